The second-order valence-electron chi connectivity index (χ2n) is 4.86. The topological polar surface area (TPSA) is 38.3 Å². The fourth-order valence-corrected chi connectivity index (χ4v) is 0.795. The van der Waals surface area contributed by atoms with Gasteiger partial charge in [0.15, 0.2) is 0 Å². The molecule has 0 radical (unpaired) electrons. The van der Waals surface area contributed by atoms with Gasteiger partial charge in [-0.3, -0.25) is 0 Å². The summed E-state index contributed by atoms with van der Waals surface area (Å²) in [6.45, 7) is 0.320. The number of carbonyl (C=O) groups excluding carboxylic acids is 1. The van der Waals surface area contributed by atoms with E-state index in [1.54, 1.807) is 0 Å². The number of hydrogen-bond acceptors (Lipinski definition) is 2. The molecule has 0 aromatic heterocycles. The summed E-state index contributed by atoms with van der Waals surface area (Å²) < 4.78 is 122. The van der Waals surface area contributed by atoms with Crippen molar-refractivity contribution < 1.29 is 114 Å². The van der Waals surface area contributed by atoms with Crippen molar-refractivity contribution in [2.24, 2.45) is 0 Å². The maximum atomic E-state index is 10.7. The first-order valence-electron chi connectivity index (χ1n) is 7.83. The third-order valence-corrected chi connectivity index (χ3v) is 1.77. The van der Waals surface area contributed by atoms with E-state index >= 15 is 0 Å². The van der Waals surface area contributed by atoms with Crippen LogP contribution in [0.15, 0.2) is 30.3 Å². The molecule has 0 spiro atoms. The first kappa shape index (κ1) is 37.8. The van der Waals surface area contributed by atoms with E-state index in [0.717, 1.165) is 5.56 Å². The maximum Gasteiger partial charge on any atom is 1.00 e. The Balaban J connectivity index is -0.000000103. The molecule has 1 aliphatic carbocycles. The molecule has 1 N–H and O–H groups in total. The summed E-state index contributed by atoms with van der Waals surface area (Å²) in [5.74, 6) is 0. The van der Waals surface area contributed by atoms with Gasteiger partial charge < -0.3 is 63.3 Å². The van der Waals surface area contributed by atoms with Crippen LogP contribution in [0.4, 0.5) is 56.6 Å². The molecular weight excluding hydrogens is 490 g/mol. The van der Waals surface area contributed by atoms with Gasteiger partial charge in [-0.25, -0.2) is 4.79 Å². The second kappa shape index (κ2) is 20.1. The van der Waals surface area contributed by atoms with Gasteiger partial charge in [0, 0.05) is 7.05 Å². The van der Waals surface area contributed by atoms with Crippen LogP contribution in [0.25, 0.3) is 0 Å². The van der Waals surface area contributed by atoms with E-state index < -0.39 is 27.9 Å². The standard InChI is InChI=1S/C9H11NO2.C3H6.3BF4.K.H/c1-10-9(11)12-7-8-5-3-2-4-6-8;1-2-3-1;3*2-1(3,4)5;;/h2-6H,7H2,1H3,(H,10,11);1-3H2;;;;;/q;;3*-1;+1;-1. The predicted octanol–water partition coefficient (Wildman–Crippen LogP) is 3.73. The molecule has 19 heteroatoms. The molecule has 1 aromatic carbocycles. The summed E-state index contributed by atoms with van der Waals surface area (Å²) in [5, 5.41) is 2.37. The van der Waals surface area contributed by atoms with Crippen molar-refractivity contribution in [3.63, 3.8) is 0 Å². The summed E-state index contributed by atoms with van der Waals surface area (Å²) in [5.41, 5.74) is 0.987. The average Bonchev–Trinajstić information content (AvgIpc) is 3.37. The monoisotopic (exact) mass is 508 g/mol. The number of carbonyl (C=O) groups is 1. The smallest absolute Gasteiger partial charge is 1.00 e. The Morgan fingerprint density at radius 2 is 1.10 bits per heavy atom. The molecule has 0 saturated heterocycles. The molecule has 31 heavy (non-hydrogen) atoms. The molecule has 0 heterocycles. The van der Waals surface area contributed by atoms with E-state index in [1.165, 1.54) is 26.3 Å². The van der Waals surface area contributed by atoms with Crippen LogP contribution >= 0.6 is 0 Å². The molecule has 0 atom stereocenters. The number of amides is 1. The molecule has 1 saturated carbocycles. The number of nitrogens with one attached hydrogen (secondary N) is 1. The molecular formula is C12H18B3F12KNO2-3. The summed E-state index contributed by atoms with van der Waals surface area (Å²) in [7, 11) is -16.5. The summed E-state index contributed by atoms with van der Waals surface area (Å²) in [6.07, 6.45) is 4.10. The van der Waals surface area contributed by atoms with Crippen molar-refractivity contribution in [3.8, 4) is 0 Å². The largest absolute Gasteiger partial charge is 1.00 e. The fourth-order valence-electron chi connectivity index (χ4n) is 0.795. The van der Waals surface area contributed by atoms with Crippen LogP contribution in [-0.2, 0) is 11.3 Å². The van der Waals surface area contributed by atoms with E-state index in [9.17, 15) is 56.6 Å². The Morgan fingerprint density at radius 1 is 0.806 bits per heavy atom. The molecule has 2 rings (SSSR count). The Kier molecular flexibility index (Phi) is 24.5. The molecule has 0 unspecified atom stereocenters. The third-order valence-electron chi connectivity index (χ3n) is 1.77. The molecule has 1 amide bonds. The maximum absolute atomic E-state index is 10.7. The van der Waals surface area contributed by atoms with E-state index in [2.05, 4.69) is 5.32 Å². The van der Waals surface area contributed by atoms with E-state index in [-0.39, 0.29) is 52.8 Å². The molecule has 1 aromatic rings. The molecule has 1 fully saturated rings. The first-order valence-corrected chi connectivity index (χ1v) is 7.83. The van der Waals surface area contributed by atoms with Crippen molar-refractivity contribution in [2.45, 2.75) is 25.9 Å². The zero-order chi connectivity index (χ0) is 24.4. The van der Waals surface area contributed by atoms with Gasteiger partial charge >= 0.3 is 79.2 Å². The van der Waals surface area contributed by atoms with Gasteiger partial charge in [0.1, 0.15) is 6.61 Å². The summed E-state index contributed by atoms with van der Waals surface area (Å²) >= 11 is 0. The summed E-state index contributed by atoms with van der Waals surface area (Å²) in [4.78, 5) is 10.7. The Bertz CT molecular complexity index is 501. The Labute approximate surface area is 214 Å². The number of alkyl carbamates (subject to hydrolysis) is 1. The van der Waals surface area contributed by atoms with E-state index in [1.807, 2.05) is 30.3 Å². The molecule has 1 aliphatic rings. The van der Waals surface area contributed by atoms with Crippen molar-refractivity contribution in [3.05, 3.63) is 35.9 Å². The summed E-state index contributed by atoms with van der Waals surface area (Å²) in [6, 6.07) is 9.54. The van der Waals surface area contributed by atoms with E-state index in [4.69, 9.17) is 4.74 Å². The average molecular weight is 508 g/mol. The van der Waals surface area contributed by atoms with Crippen LogP contribution in [0, 0.1) is 0 Å². The molecule has 0 bridgehead atoms. The number of ether oxygens (including phenoxy) is 1. The minimum absolute atomic E-state index is 0. The van der Waals surface area contributed by atoms with Gasteiger partial charge in [-0.05, 0) is 5.56 Å². The van der Waals surface area contributed by atoms with Gasteiger partial charge in [0.25, 0.3) is 0 Å². The van der Waals surface area contributed by atoms with Crippen LogP contribution in [0.3, 0.4) is 0 Å². The van der Waals surface area contributed by atoms with Crippen molar-refractivity contribution in [1.82, 2.24) is 5.32 Å². The fraction of sp³-hybridized carbons (Fsp3) is 0.417. The Morgan fingerprint density at radius 3 is 1.32 bits per heavy atom. The van der Waals surface area contributed by atoms with Crippen LogP contribution in [0.2, 0.25) is 0 Å². The predicted molar refractivity (Wildman–Crippen MR) is 91.2 cm³/mol. The van der Waals surface area contributed by atoms with Gasteiger partial charge in [-0.1, -0.05) is 49.6 Å². The molecule has 3 nitrogen and oxygen atoms in total. The quantitative estimate of drug-likeness (QED) is 0.489. The van der Waals surface area contributed by atoms with Gasteiger partial charge in [-0.2, -0.15) is 0 Å². The zero-order valence-electron chi connectivity index (χ0n) is 17.3. The molecule has 0 aliphatic heterocycles. The minimum atomic E-state index is -6.00. The van der Waals surface area contributed by atoms with Gasteiger partial charge in [-0.15, -0.1) is 0 Å². The third kappa shape index (κ3) is 92.9. The van der Waals surface area contributed by atoms with Crippen molar-refractivity contribution in [2.75, 3.05) is 7.05 Å². The van der Waals surface area contributed by atoms with Crippen LogP contribution < -0.4 is 56.7 Å². The zero-order valence-corrected chi connectivity index (χ0v) is 19.4. The van der Waals surface area contributed by atoms with Gasteiger partial charge in [0.05, 0.1) is 0 Å². The van der Waals surface area contributed by atoms with Crippen molar-refractivity contribution >= 4 is 27.9 Å². The SMILES string of the molecule is C1CC1.CNC(=O)OCc1ccccc1.F[B-](F)(F)F.F[B-](F)(F)F.F[B-](F)(F)F.[H-].[K+]. The normalized spacial score (nSPS) is 11.6. The number of benzene rings is 1. The van der Waals surface area contributed by atoms with Crippen LogP contribution in [0.5, 0.6) is 0 Å². The second-order valence-corrected chi connectivity index (χ2v) is 4.86. The van der Waals surface area contributed by atoms with E-state index in [0.29, 0.717) is 6.61 Å². The number of hydrogen-bond donors (Lipinski definition) is 1. The first-order chi connectivity index (χ1) is 13.3. The Hall–Kier alpha value is -0.519. The number of rotatable bonds is 2. The molecule has 180 valence electrons. The van der Waals surface area contributed by atoms with Crippen molar-refractivity contribution in [1.29, 1.82) is 0 Å². The number of halogens is 12. The minimum Gasteiger partial charge on any atom is -1.00 e. The van der Waals surface area contributed by atoms with Crippen LogP contribution in [-0.4, -0.2) is 34.9 Å². The van der Waals surface area contributed by atoms with Gasteiger partial charge in [0.2, 0.25) is 0 Å². The van der Waals surface area contributed by atoms with Crippen LogP contribution in [0.1, 0.15) is 26.3 Å².